The summed E-state index contributed by atoms with van der Waals surface area (Å²) in [5.41, 5.74) is 6.99. The van der Waals surface area contributed by atoms with Gasteiger partial charge in [-0.2, -0.15) is 0 Å². The normalized spacial score (nSPS) is 24.3. The van der Waals surface area contributed by atoms with Crippen LogP contribution in [0.15, 0.2) is 24.3 Å². The Bertz CT molecular complexity index is 340. The molecule has 1 aliphatic heterocycles. The molecule has 0 bridgehead atoms. The highest BCUT2D eigenvalue weighted by Gasteiger charge is 2.30. The summed E-state index contributed by atoms with van der Waals surface area (Å²) in [5, 5.41) is 0. The monoisotopic (exact) mass is 208 g/mol. The van der Waals surface area contributed by atoms with Gasteiger partial charge >= 0.3 is 0 Å². The highest BCUT2D eigenvalue weighted by atomic mass is 19.1. The van der Waals surface area contributed by atoms with Gasteiger partial charge in [0.05, 0.1) is 0 Å². The van der Waals surface area contributed by atoms with E-state index in [1.165, 1.54) is 0 Å². The number of halogens is 1. The zero-order chi connectivity index (χ0) is 10.8. The van der Waals surface area contributed by atoms with Gasteiger partial charge in [-0.25, -0.2) is 4.39 Å². The van der Waals surface area contributed by atoms with Crippen LogP contribution in [-0.2, 0) is 0 Å². The maximum atomic E-state index is 14.2. The number of anilines is 1. The van der Waals surface area contributed by atoms with Crippen molar-refractivity contribution >= 4 is 5.69 Å². The second kappa shape index (κ2) is 4.19. The third-order valence-electron chi connectivity index (χ3n) is 3.14. The number of rotatable bonds is 2. The molecule has 0 aromatic heterocycles. The van der Waals surface area contributed by atoms with Crippen LogP contribution < -0.4 is 5.73 Å². The summed E-state index contributed by atoms with van der Waals surface area (Å²) in [6.45, 7) is 0.993. The Kier molecular flexibility index (Phi) is 2.91. The van der Waals surface area contributed by atoms with Gasteiger partial charge in [0.15, 0.2) is 0 Å². The van der Waals surface area contributed by atoms with Gasteiger partial charge in [-0.1, -0.05) is 12.1 Å². The molecule has 15 heavy (non-hydrogen) atoms. The fraction of sp³-hybridized carbons (Fsp3) is 0.500. The van der Waals surface area contributed by atoms with E-state index >= 15 is 0 Å². The van der Waals surface area contributed by atoms with Crippen molar-refractivity contribution in [2.45, 2.75) is 25.1 Å². The van der Waals surface area contributed by atoms with Crippen molar-refractivity contribution in [2.75, 3.05) is 19.3 Å². The quantitative estimate of drug-likeness (QED) is 0.756. The van der Waals surface area contributed by atoms with Gasteiger partial charge in [0, 0.05) is 11.7 Å². The van der Waals surface area contributed by atoms with Crippen molar-refractivity contribution in [2.24, 2.45) is 0 Å². The summed E-state index contributed by atoms with van der Waals surface area (Å²) in [4.78, 5) is 2.09. The highest BCUT2D eigenvalue weighted by Crippen LogP contribution is 2.31. The molecule has 3 heteroatoms. The number of likely N-dealkylation sites (N-methyl/N-ethyl adjacent to an activating group) is 1. The number of nitrogen functional groups attached to an aromatic ring is 1. The Morgan fingerprint density at radius 1 is 1.53 bits per heavy atom. The van der Waals surface area contributed by atoms with Crippen molar-refractivity contribution in [3.05, 3.63) is 29.8 Å². The van der Waals surface area contributed by atoms with Crippen LogP contribution in [0.25, 0.3) is 0 Å². The maximum Gasteiger partial charge on any atom is 0.141 e. The van der Waals surface area contributed by atoms with Gasteiger partial charge in [-0.15, -0.1) is 0 Å². The number of hydrogen-bond acceptors (Lipinski definition) is 2. The van der Waals surface area contributed by atoms with Crippen LogP contribution in [0.1, 0.15) is 24.6 Å². The average Bonchev–Trinajstić information content (AvgIpc) is 2.63. The van der Waals surface area contributed by atoms with Crippen LogP contribution in [0.5, 0.6) is 0 Å². The number of likely N-dealkylation sites (tertiary alicyclic amines) is 1. The smallest absolute Gasteiger partial charge is 0.141 e. The molecule has 1 aliphatic rings. The van der Waals surface area contributed by atoms with Crippen molar-refractivity contribution < 1.29 is 4.39 Å². The lowest BCUT2D eigenvalue weighted by Gasteiger charge is -2.23. The van der Waals surface area contributed by atoms with Crippen LogP contribution in [0.3, 0.4) is 0 Å². The third kappa shape index (κ3) is 2.12. The Hall–Kier alpha value is -1.09. The van der Waals surface area contributed by atoms with E-state index in [2.05, 4.69) is 4.90 Å². The molecule has 2 unspecified atom stereocenters. The van der Waals surface area contributed by atoms with Crippen LogP contribution in [0.4, 0.5) is 10.1 Å². The van der Waals surface area contributed by atoms with Gasteiger partial charge in [0.25, 0.3) is 0 Å². The molecule has 0 amide bonds. The molecule has 0 radical (unpaired) electrons. The van der Waals surface area contributed by atoms with Gasteiger partial charge < -0.3 is 10.6 Å². The first-order valence-electron chi connectivity index (χ1n) is 5.38. The van der Waals surface area contributed by atoms with E-state index in [-0.39, 0.29) is 6.04 Å². The Morgan fingerprint density at radius 3 is 2.93 bits per heavy atom. The minimum Gasteiger partial charge on any atom is -0.399 e. The number of nitrogens with two attached hydrogens (primary N) is 1. The van der Waals surface area contributed by atoms with Crippen LogP contribution in [-0.4, -0.2) is 24.5 Å². The SMILES string of the molecule is CN1CCCC1C(F)c1cccc(N)c1. The van der Waals surface area contributed by atoms with Crippen LogP contribution in [0, 0.1) is 0 Å². The predicted octanol–water partition coefficient (Wildman–Crippen LogP) is 2.37. The summed E-state index contributed by atoms with van der Waals surface area (Å²) in [5.74, 6) is 0. The van der Waals surface area contributed by atoms with Gasteiger partial charge in [-0.3, -0.25) is 0 Å². The minimum atomic E-state index is -0.916. The Labute approximate surface area is 89.9 Å². The van der Waals surface area contributed by atoms with E-state index in [9.17, 15) is 4.39 Å². The number of hydrogen-bond donors (Lipinski definition) is 1. The van der Waals surface area contributed by atoms with Gasteiger partial charge in [-0.05, 0) is 44.1 Å². The van der Waals surface area contributed by atoms with Crippen LogP contribution in [0.2, 0.25) is 0 Å². The van der Waals surface area contributed by atoms with E-state index in [4.69, 9.17) is 5.73 Å². The summed E-state index contributed by atoms with van der Waals surface area (Å²) in [6, 6.07) is 7.16. The molecule has 1 aromatic carbocycles. The molecule has 0 aliphatic carbocycles. The summed E-state index contributed by atoms with van der Waals surface area (Å²) >= 11 is 0. The second-order valence-corrected chi connectivity index (χ2v) is 4.26. The Balaban J connectivity index is 2.16. The predicted molar refractivity (Wildman–Crippen MR) is 60.4 cm³/mol. The van der Waals surface area contributed by atoms with Crippen LogP contribution >= 0.6 is 0 Å². The maximum absolute atomic E-state index is 14.2. The Morgan fingerprint density at radius 2 is 2.33 bits per heavy atom. The molecule has 1 heterocycles. The number of alkyl halides is 1. The lowest BCUT2D eigenvalue weighted by Crippen LogP contribution is -2.29. The lowest BCUT2D eigenvalue weighted by molar-refractivity contribution is 0.174. The molecular formula is C12H17FN2. The minimum absolute atomic E-state index is 0.0202. The van der Waals surface area contributed by atoms with Crippen molar-refractivity contribution in [1.82, 2.24) is 4.90 Å². The number of nitrogens with zero attached hydrogens (tertiary/aromatic N) is 1. The molecule has 2 N–H and O–H groups in total. The van der Waals surface area contributed by atoms with Crippen molar-refractivity contribution in [3.63, 3.8) is 0 Å². The zero-order valence-corrected chi connectivity index (χ0v) is 8.99. The third-order valence-corrected chi connectivity index (χ3v) is 3.14. The van der Waals surface area contributed by atoms with E-state index < -0.39 is 6.17 Å². The molecule has 1 fully saturated rings. The fourth-order valence-electron chi connectivity index (χ4n) is 2.26. The molecule has 0 spiro atoms. The standard InChI is InChI=1S/C12H17FN2/c1-15-7-3-6-11(15)12(13)9-4-2-5-10(14)8-9/h2,4-5,8,11-12H,3,6-7,14H2,1H3. The highest BCUT2D eigenvalue weighted by molar-refractivity contribution is 5.41. The summed E-state index contributed by atoms with van der Waals surface area (Å²) in [7, 11) is 1.98. The van der Waals surface area contributed by atoms with Crippen molar-refractivity contribution in [3.8, 4) is 0 Å². The molecule has 2 rings (SSSR count). The molecule has 2 nitrogen and oxygen atoms in total. The first kappa shape index (κ1) is 10.4. The fourth-order valence-corrected chi connectivity index (χ4v) is 2.26. The second-order valence-electron chi connectivity index (χ2n) is 4.26. The molecule has 0 saturated carbocycles. The first-order valence-corrected chi connectivity index (χ1v) is 5.38. The van der Waals surface area contributed by atoms with E-state index in [1.54, 1.807) is 12.1 Å². The first-order chi connectivity index (χ1) is 7.18. The molecule has 1 saturated heterocycles. The zero-order valence-electron chi connectivity index (χ0n) is 8.99. The van der Waals surface area contributed by atoms with E-state index in [0.29, 0.717) is 11.3 Å². The molecule has 1 aromatic rings. The molecular weight excluding hydrogens is 191 g/mol. The molecule has 82 valence electrons. The summed E-state index contributed by atoms with van der Waals surface area (Å²) < 4.78 is 14.2. The topological polar surface area (TPSA) is 29.3 Å². The number of benzene rings is 1. The largest absolute Gasteiger partial charge is 0.399 e. The van der Waals surface area contributed by atoms with E-state index in [1.807, 2.05) is 19.2 Å². The summed E-state index contributed by atoms with van der Waals surface area (Å²) in [6.07, 6.45) is 1.11. The van der Waals surface area contributed by atoms with Gasteiger partial charge in [0.2, 0.25) is 0 Å². The van der Waals surface area contributed by atoms with Gasteiger partial charge in [0.1, 0.15) is 6.17 Å². The molecule has 2 atom stereocenters. The van der Waals surface area contributed by atoms with E-state index in [0.717, 1.165) is 19.4 Å². The lowest BCUT2D eigenvalue weighted by atomic mass is 10.0. The average molecular weight is 208 g/mol. The van der Waals surface area contributed by atoms with Crippen molar-refractivity contribution in [1.29, 1.82) is 0 Å².